The highest BCUT2D eigenvalue weighted by molar-refractivity contribution is 14.0. The first-order chi connectivity index (χ1) is 13.1. The Bertz CT molecular complexity index is 630. The molecule has 1 aliphatic carbocycles. The molecule has 0 aromatic heterocycles. The van der Waals surface area contributed by atoms with Crippen LogP contribution < -0.4 is 20.7 Å². The fraction of sp³-hybridized carbons (Fsp3) is 0.600. The van der Waals surface area contributed by atoms with Crippen molar-refractivity contribution in [2.45, 2.75) is 50.4 Å². The molecule has 28 heavy (non-hydrogen) atoms. The van der Waals surface area contributed by atoms with Crippen LogP contribution >= 0.6 is 35.7 Å². The molecule has 0 heterocycles. The molecule has 2 atom stereocenters. The molecule has 8 heteroatoms. The van der Waals surface area contributed by atoms with E-state index in [1.165, 1.54) is 25.7 Å². The first kappa shape index (κ1) is 24.9. The van der Waals surface area contributed by atoms with Crippen molar-refractivity contribution < 1.29 is 9.53 Å². The second kappa shape index (κ2) is 13.9. The molecule has 1 amide bonds. The van der Waals surface area contributed by atoms with Gasteiger partial charge in [0.15, 0.2) is 12.6 Å². The van der Waals surface area contributed by atoms with Gasteiger partial charge in [0.1, 0.15) is 5.75 Å². The van der Waals surface area contributed by atoms with Crippen LogP contribution in [0.2, 0.25) is 0 Å². The molecule has 1 saturated carbocycles. The number of thioether (sulfide) groups is 1. The SMILES string of the molecule is CCNC(=O)COc1cccc(CNC(=NC)NC2CCCC(SC)C2)c1.I. The van der Waals surface area contributed by atoms with Gasteiger partial charge in [0.25, 0.3) is 5.91 Å². The zero-order valence-corrected chi connectivity index (χ0v) is 20.1. The van der Waals surface area contributed by atoms with Crippen LogP contribution in [0.1, 0.15) is 38.2 Å². The van der Waals surface area contributed by atoms with Gasteiger partial charge >= 0.3 is 0 Å². The van der Waals surface area contributed by atoms with Gasteiger partial charge in [-0.05, 0) is 50.1 Å². The molecule has 0 bridgehead atoms. The third-order valence-corrected chi connectivity index (χ3v) is 5.72. The highest BCUT2D eigenvalue weighted by Crippen LogP contribution is 2.26. The van der Waals surface area contributed by atoms with Gasteiger partial charge < -0.3 is 20.7 Å². The Labute approximate surface area is 190 Å². The average molecular weight is 520 g/mol. The van der Waals surface area contributed by atoms with Crippen molar-refractivity contribution >= 4 is 47.6 Å². The summed E-state index contributed by atoms with van der Waals surface area (Å²) in [7, 11) is 1.80. The monoisotopic (exact) mass is 520 g/mol. The number of carbonyl (C=O) groups is 1. The largest absolute Gasteiger partial charge is 0.484 e. The summed E-state index contributed by atoms with van der Waals surface area (Å²) in [6, 6.07) is 8.26. The third-order valence-electron chi connectivity index (χ3n) is 4.63. The molecule has 1 aromatic rings. The summed E-state index contributed by atoms with van der Waals surface area (Å²) in [5.41, 5.74) is 1.08. The molecule has 3 N–H and O–H groups in total. The molecule has 1 aromatic carbocycles. The third kappa shape index (κ3) is 8.89. The lowest BCUT2D eigenvalue weighted by molar-refractivity contribution is -0.122. The summed E-state index contributed by atoms with van der Waals surface area (Å²) in [6.07, 6.45) is 7.16. The molecule has 2 unspecified atom stereocenters. The fourth-order valence-electron chi connectivity index (χ4n) is 3.21. The zero-order chi connectivity index (χ0) is 19.5. The van der Waals surface area contributed by atoms with Gasteiger partial charge in [0.2, 0.25) is 0 Å². The molecular weight excluding hydrogens is 487 g/mol. The minimum atomic E-state index is -0.110. The van der Waals surface area contributed by atoms with E-state index in [1.54, 1.807) is 7.05 Å². The van der Waals surface area contributed by atoms with Gasteiger partial charge in [-0.1, -0.05) is 18.6 Å². The van der Waals surface area contributed by atoms with Gasteiger partial charge in [-0.2, -0.15) is 11.8 Å². The number of amides is 1. The Balaban J connectivity index is 0.00000392. The van der Waals surface area contributed by atoms with Crippen LogP contribution in [0, 0.1) is 0 Å². The van der Waals surface area contributed by atoms with Crippen LogP contribution in [0.5, 0.6) is 5.75 Å². The summed E-state index contributed by atoms with van der Waals surface area (Å²) in [5.74, 6) is 1.41. The molecule has 0 radical (unpaired) electrons. The number of nitrogens with zero attached hydrogens (tertiary/aromatic N) is 1. The first-order valence-corrected chi connectivity index (χ1v) is 10.9. The number of carbonyl (C=O) groups excluding carboxylic acids is 1. The molecule has 158 valence electrons. The molecule has 1 fully saturated rings. The quantitative estimate of drug-likeness (QED) is 0.279. The zero-order valence-electron chi connectivity index (χ0n) is 17.0. The lowest BCUT2D eigenvalue weighted by atomic mass is 9.95. The van der Waals surface area contributed by atoms with E-state index in [1.807, 2.05) is 43.0 Å². The first-order valence-electron chi connectivity index (χ1n) is 9.63. The van der Waals surface area contributed by atoms with Gasteiger partial charge in [-0.15, -0.1) is 24.0 Å². The van der Waals surface area contributed by atoms with Crippen LogP contribution in [-0.4, -0.2) is 49.6 Å². The summed E-state index contributed by atoms with van der Waals surface area (Å²) in [6.45, 7) is 3.18. The van der Waals surface area contributed by atoms with Crippen molar-refractivity contribution in [1.82, 2.24) is 16.0 Å². The number of nitrogens with one attached hydrogen (secondary N) is 3. The number of hydrogen-bond donors (Lipinski definition) is 3. The highest BCUT2D eigenvalue weighted by atomic mass is 127. The second-order valence-electron chi connectivity index (χ2n) is 6.68. The number of halogens is 1. The number of aliphatic imine (C=N–C) groups is 1. The summed E-state index contributed by atoms with van der Waals surface area (Å²) < 4.78 is 5.55. The normalized spacial score (nSPS) is 19.3. The predicted octanol–water partition coefficient (Wildman–Crippen LogP) is 3.16. The Morgan fingerprint density at radius 2 is 2.14 bits per heavy atom. The number of guanidine groups is 1. The van der Waals surface area contributed by atoms with E-state index in [4.69, 9.17) is 4.74 Å². The molecular formula is C20H33IN4O2S. The van der Waals surface area contributed by atoms with E-state index in [9.17, 15) is 4.79 Å². The molecule has 0 saturated heterocycles. The topological polar surface area (TPSA) is 74.8 Å². The van der Waals surface area contributed by atoms with Crippen LogP contribution in [-0.2, 0) is 11.3 Å². The predicted molar refractivity (Wildman–Crippen MR) is 129 cm³/mol. The molecule has 6 nitrogen and oxygen atoms in total. The fourth-order valence-corrected chi connectivity index (χ4v) is 4.03. The van der Waals surface area contributed by atoms with Gasteiger partial charge in [0.05, 0.1) is 0 Å². The lowest BCUT2D eigenvalue weighted by Crippen LogP contribution is -2.45. The van der Waals surface area contributed by atoms with Crippen molar-refractivity contribution in [3.05, 3.63) is 29.8 Å². The Morgan fingerprint density at radius 3 is 2.86 bits per heavy atom. The van der Waals surface area contributed by atoms with Gasteiger partial charge in [0, 0.05) is 31.4 Å². The van der Waals surface area contributed by atoms with Crippen molar-refractivity contribution in [2.75, 3.05) is 26.5 Å². The van der Waals surface area contributed by atoms with Crippen LogP contribution in [0.15, 0.2) is 29.3 Å². The van der Waals surface area contributed by atoms with Crippen LogP contribution in [0.25, 0.3) is 0 Å². The summed E-state index contributed by atoms with van der Waals surface area (Å²) in [4.78, 5) is 15.9. The molecule has 1 aliphatic rings. The average Bonchev–Trinajstić information content (AvgIpc) is 2.70. The van der Waals surface area contributed by atoms with Gasteiger partial charge in [-0.25, -0.2) is 0 Å². The minimum Gasteiger partial charge on any atom is -0.484 e. The van der Waals surface area contributed by atoms with E-state index in [0.717, 1.165) is 16.8 Å². The van der Waals surface area contributed by atoms with Crippen molar-refractivity contribution in [1.29, 1.82) is 0 Å². The highest BCUT2D eigenvalue weighted by Gasteiger charge is 2.21. The van der Waals surface area contributed by atoms with E-state index < -0.39 is 0 Å². The summed E-state index contributed by atoms with van der Waals surface area (Å²) >= 11 is 1.96. The number of rotatable bonds is 8. The van der Waals surface area contributed by atoms with Crippen molar-refractivity contribution in [3.8, 4) is 5.75 Å². The number of likely N-dealkylation sites (N-methyl/N-ethyl adjacent to an activating group) is 1. The molecule has 0 aliphatic heterocycles. The Kier molecular flexibility index (Phi) is 12.4. The Hall–Kier alpha value is -1.16. The van der Waals surface area contributed by atoms with E-state index in [0.29, 0.717) is 24.9 Å². The van der Waals surface area contributed by atoms with Crippen molar-refractivity contribution in [2.24, 2.45) is 4.99 Å². The second-order valence-corrected chi connectivity index (χ2v) is 7.82. The van der Waals surface area contributed by atoms with E-state index >= 15 is 0 Å². The minimum absolute atomic E-state index is 0. The van der Waals surface area contributed by atoms with Crippen LogP contribution in [0.4, 0.5) is 0 Å². The van der Waals surface area contributed by atoms with Gasteiger partial charge in [-0.3, -0.25) is 9.79 Å². The standard InChI is InChI=1S/C20H32N4O2S.HI/c1-4-22-19(25)14-26-17-9-5-7-15(11-17)13-23-20(21-2)24-16-8-6-10-18(12-16)27-3;/h5,7,9,11,16,18H,4,6,8,10,12-14H2,1-3H3,(H,22,25)(H2,21,23,24);1H. The molecule has 2 rings (SSSR count). The smallest absolute Gasteiger partial charge is 0.257 e. The maximum Gasteiger partial charge on any atom is 0.257 e. The Morgan fingerprint density at radius 1 is 1.32 bits per heavy atom. The number of ether oxygens (including phenoxy) is 1. The van der Waals surface area contributed by atoms with Crippen molar-refractivity contribution in [3.63, 3.8) is 0 Å². The molecule has 0 spiro atoms. The number of hydrogen-bond acceptors (Lipinski definition) is 4. The van der Waals surface area contributed by atoms with E-state index in [-0.39, 0.29) is 36.5 Å². The summed E-state index contributed by atoms with van der Waals surface area (Å²) in [5, 5.41) is 10.4. The number of benzene rings is 1. The maximum absolute atomic E-state index is 11.5. The van der Waals surface area contributed by atoms with Crippen LogP contribution in [0.3, 0.4) is 0 Å². The maximum atomic E-state index is 11.5. The lowest BCUT2D eigenvalue weighted by Gasteiger charge is -2.29. The van der Waals surface area contributed by atoms with E-state index in [2.05, 4.69) is 27.2 Å².